The maximum Gasteiger partial charge on any atom is 0.0483 e. The van der Waals surface area contributed by atoms with Crippen LogP contribution in [0, 0.1) is 6.92 Å². The van der Waals surface area contributed by atoms with Gasteiger partial charge in [0, 0.05) is 29.7 Å². The van der Waals surface area contributed by atoms with Crippen LogP contribution in [-0.4, -0.2) is 17.2 Å². The Morgan fingerprint density at radius 3 is 3.00 bits per heavy atom. The van der Waals surface area contributed by atoms with Crippen molar-refractivity contribution in [2.24, 2.45) is 0 Å². The molecule has 18 heavy (non-hydrogen) atoms. The molecule has 2 nitrogen and oxygen atoms in total. The normalized spacial score (nSPS) is 20.4. The molecule has 0 radical (unpaired) electrons. The van der Waals surface area contributed by atoms with E-state index in [0.29, 0.717) is 0 Å². The van der Waals surface area contributed by atoms with Crippen molar-refractivity contribution in [2.75, 3.05) is 6.54 Å². The summed E-state index contributed by atoms with van der Waals surface area (Å²) in [5.41, 5.74) is 2.77. The molecule has 0 aliphatic carbocycles. The number of aromatic nitrogens is 1. The minimum absolute atomic E-state index is 0.722. The first kappa shape index (κ1) is 11.8. The van der Waals surface area contributed by atoms with E-state index in [1.807, 2.05) is 0 Å². The van der Waals surface area contributed by atoms with Gasteiger partial charge in [0.25, 0.3) is 0 Å². The number of hydrogen-bond donors (Lipinski definition) is 1. The second-order valence-corrected chi connectivity index (χ2v) is 5.46. The van der Waals surface area contributed by atoms with Gasteiger partial charge in [-0.1, -0.05) is 24.6 Å². The van der Waals surface area contributed by atoms with Gasteiger partial charge in [0.2, 0.25) is 0 Å². The number of piperidine rings is 1. The first-order valence-electron chi connectivity index (χ1n) is 7.12. The molecule has 1 fully saturated rings. The molecular weight excluding hydrogens is 220 g/mol. The summed E-state index contributed by atoms with van der Waals surface area (Å²) in [5, 5.41) is 5.03. The van der Waals surface area contributed by atoms with E-state index < -0.39 is 0 Å². The number of rotatable bonds is 3. The van der Waals surface area contributed by atoms with E-state index in [9.17, 15) is 0 Å². The second kappa shape index (κ2) is 5.15. The summed E-state index contributed by atoms with van der Waals surface area (Å²) in [6.07, 6.45) is 7.63. The summed E-state index contributed by atoms with van der Waals surface area (Å²) in [6, 6.07) is 9.44. The summed E-state index contributed by atoms with van der Waals surface area (Å²) in [6.45, 7) is 4.54. The lowest BCUT2D eigenvalue weighted by Crippen LogP contribution is -2.34. The van der Waals surface area contributed by atoms with Gasteiger partial charge in [0.05, 0.1) is 0 Å². The minimum Gasteiger partial charge on any atom is -0.347 e. The molecule has 1 aliphatic heterocycles. The number of benzene rings is 1. The van der Waals surface area contributed by atoms with Crippen LogP contribution in [0.3, 0.4) is 0 Å². The van der Waals surface area contributed by atoms with Gasteiger partial charge in [-0.05, 0) is 44.4 Å². The van der Waals surface area contributed by atoms with E-state index >= 15 is 0 Å². The van der Waals surface area contributed by atoms with Crippen molar-refractivity contribution in [3.63, 3.8) is 0 Å². The number of para-hydroxylation sites is 1. The van der Waals surface area contributed by atoms with E-state index in [-0.39, 0.29) is 0 Å². The highest BCUT2D eigenvalue weighted by atomic mass is 15.0. The number of aryl methyl sites for hydroxylation is 2. The number of hydrogen-bond acceptors (Lipinski definition) is 1. The summed E-state index contributed by atoms with van der Waals surface area (Å²) in [7, 11) is 0. The highest BCUT2D eigenvalue weighted by molar-refractivity contribution is 5.83. The first-order valence-corrected chi connectivity index (χ1v) is 7.12. The van der Waals surface area contributed by atoms with Crippen LogP contribution in [-0.2, 0) is 6.54 Å². The molecule has 0 saturated carbocycles. The quantitative estimate of drug-likeness (QED) is 0.872. The van der Waals surface area contributed by atoms with Crippen LogP contribution in [0.2, 0.25) is 0 Å². The summed E-state index contributed by atoms with van der Waals surface area (Å²) >= 11 is 0. The van der Waals surface area contributed by atoms with Crippen LogP contribution < -0.4 is 5.32 Å². The monoisotopic (exact) mass is 242 g/mol. The van der Waals surface area contributed by atoms with Gasteiger partial charge in [-0.3, -0.25) is 0 Å². The average Bonchev–Trinajstić information content (AvgIpc) is 2.75. The van der Waals surface area contributed by atoms with Crippen molar-refractivity contribution in [1.29, 1.82) is 0 Å². The smallest absolute Gasteiger partial charge is 0.0483 e. The number of nitrogens with one attached hydrogen (secondary N) is 1. The zero-order chi connectivity index (χ0) is 12.4. The van der Waals surface area contributed by atoms with E-state index in [1.54, 1.807) is 0 Å². The molecule has 96 valence electrons. The van der Waals surface area contributed by atoms with Gasteiger partial charge >= 0.3 is 0 Å². The molecule has 0 amide bonds. The third kappa shape index (κ3) is 2.30. The van der Waals surface area contributed by atoms with Gasteiger partial charge in [-0.25, -0.2) is 0 Å². The lowest BCUT2D eigenvalue weighted by Gasteiger charge is -2.23. The summed E-state index contributed by atoms with van der Waals surface area (Å²) < 4.78 is 2.42. The third-order valence-electron chi connectivity index (χ3n) is 4.12. The highest BCUT2D eigenvalue weighted by Crippen LogP contribution is 2.21. The summed E-state index contributed by atoms with van der Waals surface area (Å²) in [4.78, 5) is 0. The molecule has 3 rings (SSSR count). The van der Waals surface area contributed by atoms with Crippen LogP contribution in [0.5, 0.6) is 0 Å². The van der Waals surface area contributed by atoms with Crippen molar-refractivity contribution in [2.45, 2.75) is 45.2 Å². The molecule has 0 spiro atoms. The first-order chi connectivity index (χ1) is 8.84. The average molecular weight is 242 g/mol. The van der Waals surface area contributed by atoms with Crippen molar-refractivity contribution < 1.29 is 0 Å². The van der Waals surface area contributed by atoms with E-state index in [2.05, 4.69) is 47.3 Å². The molecule has 1 aliphatic rings. The van der Waals surface area contributed by atoms with Gasteiger partial charge in [-0.2, -0.15) is 0 Å². The number of nitrogens with zero attached hydrogens (tertiary/aromatic N) is 1. The number of fused-ring (bicyclic) bond motifs is 1. The minimum atomic E-state index is 0.722. The Morgan fingerprint density at radius 2 is 2.17 bits per heavy atom. The van der Waals surface area contributed by atoms with E-state index in [4.69, 9.17) is 0 Å². The topological polar surface area (TPSA) is 17.0 Å². The second-order valence-electron chi connectivity index (χ2n) is 5.46. The molecule has 1 unspecified atom stereocenters. The molecule has 2 aromatic rings. The van der Waals surface area contributed by atoms with Crippen molar-refractivity contribution >= 4 is 10.9 Å². The fourth-order valence-electron chi connectivity index (χ4n) is 3.08. The molecule has 2 heterocycles. The molecule has 1 saturated heterocycles. The van der Waals surface area contributed by atoms with Crippen LogP contribution in [0.4, 0.5) is 0 Å². The van der Waals surface area contributed by atoms with Crippen LogP contribution in [0.1, 0.15) is 31.2 Å². The maximum atomic E-state index is 3.63. The summed E-state index contributed by atoms with van der Waals surface area (Å²) in [5.74, 6) is 0. The van der Waals surface area contributed by atoms with Crippen LogP contribution in [0.15, 0.2) is 30.5 Å². The predicted molar refractivity (Wildman–Crippen MR) is 76.9 cm³/mol. The molecule has 1 aromatic heterocycles. The SMILES string of the molecule is Cc1cn(CCC2CCCCN2)c2ccccc12. The molecular formula is C16H22N2. The maximum absolute atomic E-state index is 3.63. The molecule has 2 heteroatoms. The highest BCUT2D eigenvalue weighted by Gasteiger charge is 2.13. The molecule has 0 bridgehead atoms. The van der Waals surface area contributed by atoms with Gasteiger partial charge in [0.1, 0.15) is 0 Å². The Labute approximate surface area is 109 Å². The zero-order valence-corrected chi connectivity index (χ0v) is 11.2. The molecule has 1 N–H and O–H groups in total. The Morgan fingerprint density at radius 1 is 1.28 bits per heavy atom. The standard InChI is InChI=1S/C16H22N2/c1-13-12-18(16-8-3-2-7-15(13)16)11-9-14-6-4-5-10-17-14/h2-3,7-8,12,14,17H,4-6,9-11H2,1H3. The van der Waals surface area contributed by atoms with E-state index in [0.717, 1.165) is 12.6 Å². The molecule has 1 atom stereocenters. The fraction of sp³-hybridized carbons (Fsp3) is 0.500. The molecule has 1 aromatic carbocycles. The van der Waals surface area contributed by atoms with Gasteiger partial charge in [-0.15, -0.1) is 0 Å². The van der Waals surface area contributed by atoms with Crippen LogP contribution >= 0.6 is 0 Å². The lowest BCUT2D eigenvalue weighted by molar-refractivity contribution is 0.368. The van der Waals surface area contributed by atoms with Gasteiger partial charge < -0.3 is 9.88 Å². The van der Waals surface area contributed by atoms with Crippen molar-refractivity contribution in [3.05, 3.63) is 36.0 Å². The Balaban J connectivity index is 1.74. The predicted octanol–water partition coefficient (Wildman–Crippen LogP) is 3.48. The largest absolute Gasteiger partial charge is 0.347 e. The Hall–Kier alpha value is -1.28. The van der Waals surface area contributed by atoms with E-state index in [1.165, 1.54) is 48.7 Å². The Bertz CT molecular complexity index is 521. The lowest BCUT2D eigenvalue weighted by atomic mass is 10.0. The fourth-order valence-corrected chi connectivity index (χ4v) is 3.08. The zero-order valence-electron chi connectivity index (χ0n) is 11.2. The van der Waals surface area contributed by atoms with Crippen molar-refractivity contribution in [1.82, 2.24) is 9.88 Å². The van der Waals surface area contributed by atoms with Gasteiger partial charge in [0.15, 0.2) is 0 Å². The Kier molecular flexibility index (Phi) is 3.37. The van der Waals surface area contributed by atoms with Crippen LogP contribution in [0.25, 0.3) is 10.9 Å². The van der Waals surface area contributed by atoms with Crippen molar-refractivity contribution in [3.8, 4) is 0 Å². The third-order valence-corrected chi connectivity index (χ3v) is 4.12.